The Kier molecular flexibility index (Phi) is 4.90. The van der Waals surface area contributed by atoms with Crippen LogP contribution in [0.1, 0.15) is 25.3 Å². The van der Waals surface area contributed by atoms with Gasteiger partial charge in [-0.1, -0.05) is 6.92 Å². The number of aromatic nitrogens is 3. The third kappa shape index (κ3) is 3.71. The Morgan fingerprint density at radius 1 is 1.30 bits per heavy atom. The van der Waals surface area contributed by atoms with Crippen LogP contribution in [-0.2, 0) is 0 Å². The fourth-order valence-corrected chi connectivity index (χ4v) is 3.61. The van der Waals surface area contributed by atoms with E-state index in [0.29, 0.717) is 17.1 Å². The molecule has 3 aromatic rings. The normalized spacial score (nSPS) is 16.9. The van der Waals surface area contributed by atoms with Crippen molar-refractivity contribution in [2.75, 3.05) is 25.0 Å². The second kappa shape index (κ2) is 7.48. The summed E-state index contributed by atoms with van der Waals surface area (Å²) in [5.74, 6) is 0.392. The summed E-state index contributed by atoms with van der Waals surface area (Å²) in [6, 6.07) is 7.09. The van der Waals surface area contributed by atoms with Crippen LogP contribution in [0.15, 0.2) is 42.2 Å². The van der Waals surface area contributed by atoms with Crippen LogP contribution in [0.5, 0.6) is 0 Å². The van der Waals surface area contributed by atoms with Crippen LogP contribution >= 0.6 is 0 Å². The Labute approximate surface area is 158 Å². The number of likely N-dealkylation sites (tertiary alicyclic amines) is 1. The average Bonchev–Trinajstić information content (AvgIpc) is 3.13. The van der Waals surface area contributed by atoms with Crippen molar-refractivity contribution in [2.24, 2.45) is 0 Å². The van der Waals surface area contributed by atoms with E-state index >= 15 is 0 Å². The number of hydrogen-bond donors (Lipinski definition) is 2. The summed E-state index contributed by atoms with van der Waals surface area (Å²) >= 11 is 0. The van der Waals surface area contributed by atoms with E-state index in [0.717, 1.165) is 42.5 Å². The third-order valence-electron chi connectivity index (χ3n) is 5.15. The highest BCUT2D eigenvalue weighted by molar-refractivity contribution is 5.85. The van der Waals surface area contributed by atoms with Gasteiger partial charge in [0.25, 0.3) is 0 Å². The second-order valence-electron chi connectivity index (χ2n) is 7.08. The van der Waals surface area contributed by atoms with E-state index in [1.807, 2.05) is 25.3 Å². The van der Waals surface area contributed by atoms with Crippen molar-refractivity contribution in [3.63, 3.8) is 0 Å². The average molecular weight is 365 g/mol. The summed E-state index contributed by atoms with van der Waals surface area (Å²) in [5.41, 5.74) is 4.17. The molecule has 27 heavy (non-hydrogen) atoms. The van der Waals surface area contributed by atoms with Gasteiger partial charge in [0.05, 0.1) is 5.69 Å². The molecule has 3 heterocycles. The van der Waals surface area contributed by atoms with E-state index in [1.54, 1.807) is 12.3 Å². The lowest BCUT2D eigenvalue weighted by atomic mass is 10.0. The number of nitrogens with zero attached hydrogens (tertiary/aromatic N) is 3. The molecule has 140 valence electrons. The number of nitrogens with one attached hydrogen (secondary N) is 2. The first-order valence-electron chi connectivity index (χ1n) is 9.42. The third-order valence-corrected chi connectivity index (χ3v) is 5.15. The van der Waals surface area contributed by atoms with Crippen LogP contribution < -0.4 is 5.32 Å². The SMILES string of the molecule is CCN1CCC/C(=C\Nc2cc(C)c(-c3cc4[nH]ccc4cc3F)nn2)C1. The zero-order valence-electron chi connectivity index (χ0n) is 15.7. The molecule has 4 rings (SSSR count). The minimum atomic E-state index is -0.288. The Morgan fingerprint density at radius 2 is 2.19 bits per heavy atom. The van der Waals surface area contributed by atoms with E-state index in [2.05, 4.69) is 32.3 Å². The highest BCUT2D eigenvalue weighted by Gasteiger charge is 2.14. The molecule has 0 bridgehead atoms. The zero-order valence-corrected chi connectivity index (χ0v) is 15.7. The van der Waals surface area contributed by atoms with E-state index in [-0.39, 0.29) is 5.82 Å². The number of rotatable bonds is 4. The minimum absolute atomic E-state index is 0.288. The lowest BCUT2D eigenvalue weighted by molar-refractivity contribution is 0.279. The fourth-order valence-electron chi connectivity index (χ4n) is 3.61. The van der Waals surface area contributed by atoms with Gasteiger partial charge in [-0.25, -0.2) is 4.39 Å². The predicted octanol–water partition coefficient (Wildman–Crippen LogP) is 4.48. The van der Waals surface area contributed by atoms with Crippen molar-refractivity contribution in [3.8, 4) is 11.3 Å². The Morgan fingerprint density at radius 3 is 3.00 bits per heavy atom. The van der Waals surface area contributed by atoms with Crippen molar-refractivity contribution in [1.82, 2.24) is 20.1 Å². The maximum Gasteiger partial charge on any atom is 0.152 e. The van der Waals surface area contributed by atoms with E-state index in [1.165, 1.54) is 18.1 Å². The first kappa shape index (κ1) is 17.7. The molecule has 0 spiro atoms. The molecular weight excluding hydrogens is 341 g/mol. The molecule has 1 aliphatic rings. The minimum Gasteiger partial charge on any atom is -0.361 e. The maximum absolute atomic E-state index is 14.5. The van der Waals surface area contributed by atoms with Crippen LogP contribution in [0.2, 0.25) is 0 Å². The quantitative estimate of drug-likeness (QED) is 0.715. The molecule has 1 fully saturated rings. The van der Waals surface area contributed by atoms with E-state index < -0.39 is 0 Å². The van der Waals surface area contributed by atoms with Gasteiger partial charge in [0.15, 0.2) is 5.82 Å². The lowest BCUT2D eigenvalue weighted by Gasteiger charge is -2.27. The van der Waals surface area contributed by atoms with Crippen molar-refractivity contribution in [1.29, 1.82) is 0 Å². The molecule has 0 atom stereocenters. The van der Waals surface area contributed by atoms with Gasteiger partial charge in [0.2, 0.25) is 0 Å². The number of halogens is 1. The number of aromatic amines is 1. The van der Waals surface area contributed by atoms with Crippen molar-refractivity contribution in [2.45, 2.75) is 26.7 Å². The number of benzene rings is 1. The molecule has 0 saturated carbocycles. The summed E-state index contributed by atoms with van der Waals surface area (Å²) in [4.78, 5) is 5.54. The molecule has 0 radical (unpaired) electrons. The maximum atomic E-state index is 14.5. The lowest BCUT2D eigenvalue weighted by Crippen LogP contribution is -2.31. The first-order chi connectivity index (χ1) is 13.1. The standard InChI is InChI=1S/C21H24FN5/c1-3-27-8-4-5-15(13-27)12-24-20-9-14(2)21(26-25-20)17-11-19-16(6-7-23-19)10-18(17)22/h6-7,9-12,23H,3-5,8,13H2,1-2H3,(H,24,25)/b15-12+. The Balaban J connectivity index is 1.56. The number of aryl methyl sites for hydroxylation is 1. The number of hydrogen-bond acceptors (Lipinski definition) is 4. The summed E-state index contributed by atoms with van der Waals surface area (Å²) in [7, 11) is 0. The molecule has 6 heteroatoms. The fraction of sp³-hybridized carbons (Fsp3) is 0.333. The number of piperidine rings is 1. The topological polar surface area (TPSA) is 56.8 Å². The zero-order chi connectivity index (χ0) is 18.8. The monoisotopic (exact) mass is 365 g/mol. The van der Waals surface area contributed by atoms with Gasteiger partial charge >= 0.3 is 0 Å². The van der Waals surface area contributed by atoms with Gasteiger partial charge in [0.1, 0.15) is 5.82 Å². The van der Waals surface area contributed by atoms with Gasteiger partial charge in [-0.2, -0.15) is 0 Å². The number of anilines is 1. The highest BCUT2D eigenvalue weighted by atomic mass is 19.1. The van der Waals surface area contributed by atoms with Gasteiger partial charge in [-0.15, -0.1) is 10.2 Å². The first-order valence-corrected chi connectivity index (χ1v) is 9.42. The summed E-state index contributed by atoms with van der Waals surface area (Å²) in [5, 5.41) is 12.6. The number of likely N-dealkylation sites (N-methyl/N-ethyl adjacent to an activating group) is 1. The molecule has 2 aromatic heterocycles. The predicted molar refractivity (Wildman–Crippen MR) is 107 cm³/mol. The van der Waals surface area contributed by atoms with Crippen LogP contribution in [0, 0.1) is 12.7 Å². The second-order valence-corrected chi connectivity index (χ2v) is 7.08. The van der Waals surface area contributed by atoms with E-state index in [4.69, 9.17) is 0 Å². The molecule has 1 saturated heterocycles. The van der Waals surface area contributed by atoms with Crippen molar-refractivity contribution >= 4 is 16.7 Å². The molecule has 1 aliphatic heterocycles. The van der Waals surface area contributed by atoms with Gasteiger partial charge < -0.3 is 10.3 Å². The molecule has 1 aromatic carbocycles. The molecule has 0 aliphatic carbocycles. The molecule has 0 amide bonds. The van der Waals surface area contributed by atoms with Crippen LogP contribution in [0.25, 0.3) is 22.2 Å². The highest BCUT2D eigenvalue weighted by Crippen LogP contribution is 2.28. The number of fused-ring (bicyclic) bond motifs is 1. The largest absolute Gasteiger partial charge is 0.361 e. The van der Waals surface area contributed by atoms with Crippen LogP contribution in [0.4, 0.5) is 10.2 Å². The van der Waals surface area contributed by atoms with Crippen LogP contribution in [-0.4, -0.2) is 39.7 Å². The van der Waals surface area contributed by atoms with Gasteiger partial charge in [-0.3, -0.25) is 4.90 Å². The molecule has 0 unspecified atom stereocenters. The Bertz CT molecular complexity index is 991. The number of H-pyrrole nitrogens is 1. The summed E-state index contributed by atoms with van der Waals surface area (Å²) < 4.78 is 14.5. The molecular formula is C21H24FN5. The van der Waals surface area contributed by atoms with Crippen molar-refractivity contribution in [3.05, 3.63) is 53.6 Å². The summed E-state index contributed by atoms with van der Waals surface area (Å²) in [6.07, 6.45) is 6.13. The van der Waals surface area contributed by atoms with Gasteiger partial charge in [0, 0.05) is 35.4 Å². The van der Waals surface area contributed by atoms with Crippen LogP contribution in [0.3, 0.4) is 0 Å². The summed E-state index contributed by atoms with van der Waals surface area (Å²) in [6.45, 7) is 7.35. The van der Waals surface area contributed by atoms with E-state index in [9.17, 15) is 4.39 Å². The van der Waals surface area contributed by atoms with Crippen molar-refractivity contribution < 1.29 is 4.39 Å². The van der Waals surface area contributed by atoms with Gasteiger partial charge in [-0.05, 0) is 68.3 Å². The Hall–Kier alpha value is -2.73. The smallest absolute Gasteiger partial charge is 0.152 e. The molecule has 2 N–H and O–H groups in total. The molecule has 5 nitrogen and oxygen atoms in total.